The average Bonchev–Trinajstić information content (AvgIpc) is 2.77. The molecule has 0 aromatic heterocycles. The van der Waals surface area contributed by atoms with Gasteiger partial charge in [0.25, 0.3) is 5.91 Å². The van der Waals surface area contributed by atoms with Gasteiger partial charge in [-0.1, -0.05) is 60.2 Å². The van der Waals surface area contributed by atoms with Gasteiger partial charge in [-0.05, 0) is 30.2 Å². The molecule has 0 aliphatic heterocycles. The smallest absolute Gasteiger partial charge is 0.252 e. The van der Waals surface area contributed by atoms with Gasteiger partial charge in [0.05, 0.1) is 27.4 Å². The lowest BCUT2D eigenvalue weighted by atomic mass is 9.97. The van der Waals surface area contributed by atoms with E-state index in [2.05, 4.69) is 5.32 Å². The van der Waals surface area contributed by atoms with Gasteiger partial charge in [0.2, 0.25) is 5.75 Å². The molecule has 3 aromatic rings. The highest BCUT2D eigenvalue weighted by atomic mass is 16.5. The van der Waals surface area contributed by atoms with Gasteiger partial charge in [0, 0.05) is 5.56 Å². The minimum atomic E-state index is -0.289. The van der Waals surface area contributed by atoms with Crippen molar-refractivity contribution in [2.24, 2.45) is 0 Å². The second-order valence-corrected chi connectivity index (χ2v) is 6.64. The maximum absolute atomic E-state index is 13.1. The Kier molecular flexibility index (Phi) is 6.39. The first-order valence-electron chi connectivity index (χ1n) is 9.29. The standard InChI is InChI=1S/C24H25NO4/c1-16-10-12-18(13-11-16)22(17-8-6-5-7-9-17)25-24(26)19-14-20(27-2)23(29-4)21(15-19)28-3/h5-15,22H,1-4H3,(H,25,26)/t22-/m1/s1. The van der Waals surface area contributed by atoms with Crippen LogP contribution in [0, 0.1) is 6.92 Å². The molecule has 0 fully saturated rings. The Morgan fingerprint density at radius 2 is 1.34 bits per heavy atom. The molecule has 0 saturated carbocycles. The molecule has 3 rings (SSSR count). The number of aryl methyl sites for hydroxylation is 1. The normalized spacial score (nSPS) is 11.4. The fourth-order valence-corrected chi connectivity index (χ4v) is 3.19. The van der Waals surface area contributed by atoms with E-state index in [0.29, 0.717) is 22.8 Å². The molecule has 0 radical (unpaired) electrons. The first kappa shape index (κ1) is 20.3. The Bertz CT molecular complexity index is 943. The van der Waals surface area contributed by atoms with E-state index in [1.54, 1.807) is 12.1 Å². The highest BCUT2D eigenvalue weighted by Gasteiger charge is 2.21. The van der Waals surface area contributed by atoms with Gasteiger partial charge in [0.1, 0.15) is 0 Å². The molecule has 150 valence electrons. The first-order valence-corrected chi connectivity index (χ1v) is 9.29. The summed E-state index contributed by atoms with van der Waals surface area (Å²) in [6.45, 7) is 2.04. The molecule has 0 unspecified atom stereocenters. The average molecular weight is 391 g/mol. The summed E-state index contributed by atoms with van der Waals surface area (Å²) in [4.78, 5) is 13.1. The number of hydrogen-bond acceptors (Lipinski definition) is 4. The Balaban J connectivity index is 1.98. The zero-order chi connectivity index (χ0) is 20.8. The Labute approximate surface area is 171 Å². The Morgan fingerprint density at radius 3 is 1.86 bits per heavy atom. The fourth-order valence-electron chi connectivity index (χ4n) is 3.19. The quantitative estimate of drug-likeness (QED) is 0.642. The molecule has 0 aliphatic rings. The van der Waals surface area contributed by atoms with Gasteiger partial charge in [0.15, 0.2) is 11.5 Å². The Hall–Kier alpha value is -3.47. The summed E-state index contributed by atoms with van der Waals surface area (Å²) >= 11 is 0. The molecule has 0 heterocycles. The molecule has 5 heteroatoms. The number of benzene rings is 3. The largest absolute Gasteiger partial charge is 0.493 e. The van der Waals surface area contributed by atoms with Gasteiger partial charge in [-0.25, -0.2) is 0 Å². The number of methoxy groups -OCH3 is 3. The summed E-state index contributed by atoms with van der Waals surface area (Å²) in [6, 6.07) is 21.0. The van der Waals surface area contributed by atoms with E-state index in [1.807, 2.05) is 61.5 Å². The molecule has 1 N–H and O–H groups in total. The van der Waals surface area contributed by atoms with E-state index in [1.165, 1.54) is 21.3 Å². The van der Waals surface area contributed by atoms with Crippen LogP contribution in [-0.2, 0) is 0 Å². The topological polar surface area (TPSA) is 56.8 Å². The van der Waals surface area contributed by atoms with Crippen molar-refractivity contribution in [1.29, 1.82) is 0 Å². The minimum absolute atomic E-state index is 0.237. The highest BCUT2D eigenvalue weighted by molar-refractivity contribution is 5.96. The summed E-state index contributed by atoms with van der Waals surface area (Å²) in [5.41, 5.74) is 3.59. The molecule has 1 atom stereocenters. The lowest BCUT2D eigenvalue weighted by molar-refractivity contribution is 0.0942. The van der Waals surface area contributed by atoms with Crippen LogP contribution in [0.25, 0.3) is 0 Å². The predicted octanol–water partition coefficient (Wildman–Crippen LogP) is 4.54. The number of rotatable bonds is 7. The SMILES string of the molecule is COc1cc(C(=O)N[C@H](c2ccccc2)c2ccc(C)cc2)cc(OC)c1OC. The van der Waals surface area contributed by atoms with Crippen molar-refractivity contribution in [3.05, 3.63) is 89.0 Å². The van der Waals surface area contributed by atoms with Crippen molar-refractivity contribution >= 4 is 5.91 Å². The van der Waals surface area contributed by atoms with Gasteiger partial charge in [-0.3, -0.25) is 4.79 Å². The van der Waals surface area contributed by atoms with Gasteiger partial charge >= 0.3 is 0 Å². The van der Waals surface area contributed by atoms with Crippen molar-refractivity contribution < 1.29 is 19.0 Å². The van der Waals surface area contributed by atoms with Crippen LogP contribution >= 0.6 is 0 Å². The molecule has 0 aliphatic carbocycles. The fraction of sp³-hybridized carbons (Fsp3) is 0.208. The molecule has 0 saturated heterocycles. The zero-order valence-corrected chi connectivity index (χ0v) is 17.1. The van der Waals surface area contributed by atoms with Crippen molar-refractivity contribution in [3.8, 4) is 17.2 Å². The molecule has 29 heavy (non-hydrogen) atoms. The first-order chi connectivity index (χ1) is 14.1. The predicted molar refractivity (Wildman–Crippen MR) is 113 cm³/mol. The number of ether oxygens (including phenoxy) is 3. The molecule has 1 amide bonds. The lowest BCUT2D eigenvalue weighted by Crippen LogP contribution is -2.29. The summed E-state index contributed by atoms with van der Waals surface area (Å²) < 4.78 is 16.1. The maximum Gasteiger partial charge on any atom is 0.252 e. The van der Waals surface area contributed by atoms with Crippen molar-refractivity contribution in [2.45, 2.75) is 13.0 Å². The second-order valence-electron chi connectivity index (χ2n) is 6.64. The molecule has 0 spiro atoms. The second kappa shape index (κ2) is 9.15. The number of nitrogens with one attached hydrogen (secondary N) is 1. The van der Waals surface area contributed by atoms with Crippen LogP contribution in [0.4, 0.5) is 0 Å². The van der Waals surface area contributed by atoms with Crippen LogP contribution in [-0.4, -0.2) is 27.2 Å². The van der Waals surface area contributed by atoms with E-state index < -0.39 is 0 Å². The molecule has 5 nitrogen and oxygen atoms in total. The van der Waals surface area contributed by atoms with E-state index >= 15 is 0 Å². The Morgan fingerprint density at radius 1 is 0.793 bits per heavy atom. The molecular formula is C24H25NO4. The van der Waals surface area contributed by atoms with Crippen molar-refractivity contribution in [3.63, 3.8) is 0 Å². The van der Waals surface area contributed by atoms with E-state index in [-0.39, 0.29) is 11.9 Å². The lowest BCUT2D eigenvalue weighted by Gasteiger charge is -2.21. The summed E-state index contributed by atoms with van der Waals surface area (Å²) in [6.07, 6.45) is 0. The molecule has 3 aromatic carbocycles. The van der Waals surface area contributed by atoms with Crippen LogP contribution in [0.2, 0.25) is 0 Å². The maximum atomic E-state index is 13.1. The van der Waals surface area contributed by atoms with Gasteiger partial charge in [-0.2, -0.15) is 0 Å². The molecular weight excluding hydrogens is 366 g/mol. The van der Waals surface area contributed by atoms with Gasteiger partial charge in [-0.15, -0.1) is 0 Å². The number of carbonyl (C=O) groups excluding carboxylic acids is 1. The third-order valence-corrected chi connectivity index (χ3v) is 4.75. The van der Waals surface area contributed by atoms with E-state index in [0.717, 1.165) is 16.7 Å². The van der Waals surface area contributed by atoms with E-state index in [4.69, 9.17) is 14.2 Å². The van der Waals surface area contributed by atoms with Crippen molar-refractivity contribution in [2.75, 3.05) is 21.3 Å². The molecule has 0 bridgehead atoms. The highest BCUT2D eigenvalue weighted by Crippen LogP contribution is 2.38. The van der Waals surface area contributed by atoms with Crippen molar-refractivity contribution in [1.82, 2.24) is 5.32 Å². The van der Waals surface area contributed by atoms with Crippen LogP contribution in [0.15, 0.2) is 66.7 Å². The summed E-state index contributed by atoms with van der Waals surface area (Å²) in [7, 11) is 4.58. The van der Waals surface area contributed by atoms with Crippen LogP contribution in [0.3, 0.4) is 0 Å². The zero-order valence-electron chi connectivity index (χ0n) is 17.1. The van der Waals surface area contributed by atoms with Gasteiger partial charge < -0.3 is 19.5 Å². The third-order valence-electron chi connectivity index (χ3n) is 4.75. The third kappa shape index (κ3) is 4.51. The minimum Gasteiger partial charge on any atom is -0.493 e. The number of hydrogen-bond donors (Lipinski definition) is 1. The van der Waals surface area contributed by atoms with Crippen LogP contribution < -0.4 is 19.5 Å². The summed E-state index contributed by atoms with van der Waals surface area (Å²) in [5.74, 6) is 1.08. The van der Waals surface area contributed by atoms with Crippen LogP contribution in [0.1, 0.15) is 33.1 Å². The summed E-state index contributed by atoms with van der Waals surface area (Å²) in [5, 5.41) is 3.13. The van der Waals surface area contributed by atoms with Crippen LogP contribution in [0.5, 0.6) is 17.2 Å². The number of carbonyl (C=O) groups is 1. The number of amides is 1. The monoisotopic (exact) mass is 391 g/mol. The van der Waals surface area contributed by atoms with E-state index in [9.17, 15) is 4.79 Å².